The van der Waals surface area contributed by atoms with Crippen LogP contribution in [0.1, 0.15) is 11.7 Å². The van der Waals surface area contributed by atoms with Crippen LogP contribution in [0, 0.1) is 0 Å². The first-order chi connectivity index (χ1) is 7.74. The normalized spacial score (nSPS) is 13.1. The highest BCUT2D eigenvalue weighted by Crippen LogP contribution is 2.12. The third-order valence-electron chi connectivity index (χ3n) is 1.98. The van der Waals surface area contributed by atoms with Gasteiger partial charge in [0, 0.05) is 6.08 Å². The van der Waals surface area contributed by atoms with Crippen molar-refractivity contribution in [3.05, 3.63) is 60.2 Å². The van der Waals surface area contributed by atoms with Crippen molar-refractivity contribution in [2.45, 2.75) is 6.10 Å². The fraction of sp³-hybridized carbons (Fsp3) is 0.154. The Morgan fingerprint density at radius 3 is 2.62 bits per heavy atom. The predicted octanol–water partition coefficient (Wildman–Crippen LogP) is 2.01. The monoisotopic (exact) mass is 218 g/mol. The Balaban J connectivity index is 2.52. The molecule has 0 aliphatic heterocycles. The predicted molar refractivity (Wildman–Crippen MR) is 61.7 cm³/mol. The molecule has 84 valence electrons. The molecule has 0 bridgehead atoms. The minimum atomic E-state index is -0.663. The van der Waals surface area contributed by atoms with E-state index in [2.05, 4.69) is 4.74 Å². The van der Waals surface area contributed by atoms with Crippen LogP contribution in [0.4, 0.5) is 0 Å². The number of aliphatic hydroxyl groups is 1. The number of carbonyl (C=O) groups excluding carboxylic acids is 1. The van der Waals surface area contributed by atoms with Gasteiger partial charge in [0.25, 0.3) is 0 Å². The van der Waals surface area contributed by atoms with E-state index in [1.807, 2.05) is 30.3 Å². The minimum absolute atomic E-state index is 0.418. The van der Waals surface area contributed by atoms with Gasteiger partial charge >= 0.3 is 5.97 Å². The van der Waals surface area contributed by atoms with Gasteiger partial charge in [0.2, 0.25) is 0 Å². The van der Waals surface area contributed by atoms with Crippen molar-refractivity contribution in [2.24, 2.45) is 0 Å². The summed E-state index contributed by atoms with van der Waals surface area (Å²) in [5.74, 6) is -0.418. The molecule has 0 heterocycles. The van der Waals surface area contributed by atoms with Crippen molar-refractivity contribution >= 4 is 5.97 Å². The molecule has 0 radical (unpaired) electrons. The zero-order valence-corrected chi connectivity index (χ0v) is 9.04. The molecule has 0 spiro atoms. The number of methoxy groups -OCH3 is 1. The number of aliphatic hydroxyl groups excluding tert-OH is 1. The zero-order valence-electron chi connectivity index (χ0n) is 9.04. The van der Waals surface area contributed by atoms with Crippen molar-refractivity contribution < 1.29 is 14.6 Å². The average molecular weight is 218 g/mol. The highest BCUT2D eigenvalue weighted by Gasteiger charge is 1.99. The SMILES string of the molecule is COC(=O)/C=C/C=C/C(O)c1ccccc1. The summed E-state index contributed by atoms with van der Waals surface area (Å²) in [5, 5.41) is 9.71. The summed E-state index contributed by atoms with van der Waals surface area (Å²) in [6, 6.07) is 9.27. The van der Waals surface area contributed by atoms with Gasteiger partial charge in [-0.1, -0.05) is 48.6 Å². The van der Waals surface area contributed by atoms with E-state index >= 15 is 0 Å². The number of esters is 1. The highest BCUT2D eigenvalue weighted by molar-refractivity contribution is 5.82. The summed E-state index contributed by atoms with van der Waals surface area (Å²) in [7, 11) is 1.31. The van der Waals surface area contributed by atoms with Gasteiger partial charge in [-0.15, -0.1) is 0 Å². The van der Waals surface area contributed by atoms with Crippen LogP contribution in [0.5, 0.6) is 0 Å². The first kappa shape index (κ1) is 12.2. The fourth-order valence-corrected chi connectivity index (χ4v) is 1.13. The van der Waals surface area contributed by atoms with Gasteiger partial charge < -0.3 is 9.84 Å². The molecule has 3 heteroatoms. The summed E-state index contributed by atoms with van der Waals surface area (Å²) in [6.45, 7) is 0. The van der Waals surface area contributed by atoms with E-state index in [4.69, 9.17) is 0 Å². The first-order valence-corrected chi connectivity index (χ1v) is 4.90. The summed E-state index contributed by atoms with van der Waals surface area (Å²) in [5.41, 5.74) is 0.810. The maximum atomic E-state index is 10.7. The van der Waals surface area contributed by atoms with Gasteiger partial charge in [-0.2, -0.15) is 0 Å². The van der Waals surface area contributed by atoms with Crippen molar-refractivity contribution in [3.8, 4) is 0 Å². The number of benzene rings is 1. The van der Waals surface area contributed by atoms with Crippen molar-refractivity contribution in [2.75, 3.05) is 7.11 Å². The Morgan fingerprint density at radius 1 is 1.31 bits per heavy atom. The molecule has 0 aromatic heterocycles. The zero-order chi connectivity index (χ0) is 11.8. The number of hydrogen-bond acceptors (Lipinski definition) is 3. The molecular weight excluding hydrogens is 204 g/mol. The van der Waals surface area contributed by atoms with Gasteiger partial charge in [-0.25, -0.2) is 4.79 Å². The van der Waals surface area contributed by atoms with E-state index in [0.717, 1.165) is 5.56 Å². The largest absolute Gasteiger partial charge is 0.466 e. The molecule has 1 N–H and O–H groups in total. The van der Waals surface area contributed by atoms with Gasteiger partial charge in [0.05, 0.1) is 13.2 Å². The van der Waals surface area contributed by atoms with E-state index in [1.165, 1.54) is 19.3 Å². The summed E-state index contributed by atoms with van der Waals surface area (Å²) < 4.78 is 4.42. The van der Waals surface area contributed by atoms with Gasteiger partial charge in [0.15, 0.2) is 0 Å². The van der Waals surface area contributed by atoms with E-state index in [0.29, 0.717) is 0 Å². The Morgan fingerprint density at radius 2 is 2.00 bits per heavy atom. The Labute approximate surface area is 94.7 Å². The molecule has 1 unspecified atom stereocenters. The van der Waals surface area contributed by atoms with Crippen LogP contribution in [-0.4, -0.2) is 18.2 Å². The van der Waals surface area contributed by atoms with Crippen LogP contribution in [0.25, 0.3) is 0 Å². The van der Waals surface area contributed by atoms with Gasteiger partial charge in [-0.3, -0.25) is 0 Å². The van der Waals surface area contributed by atoms with Crippen molar-refractivity contribution in [3.63, 3.8) is 0 Å². The molecule has 1 rings (SSSR count). The Bertz CT molecular complexity index is 379. The first-order valence-electron chi connectivity index (χ1n) is 4.90. The fourth-order valence-electron chi connectivity index (χ4n) is 1.13. The lowest BCUT2D eigenvalue weighted by Gasteiger charge is -2.03. The number of carbonyl (C=O) groups is 1. The number of allylic oxidation sites excluding steroid dienone is 2. The second kappa shape index (κ2) is 6.58. The van der Waals surface area contributed by atoms with Gasteiger partial charge in [0.1, 0.15) is 0 Å². The molecule has 1 aromatic carbocycles. The molecule has 0 saturated heterocycles. The molecule has 3 nitrogen and oxygen atoms in total. The van der Waals surface area contributed by atoms with Crippen LogP contribution in [0.2, 0.25) is 0 Å². The summed E-state index contributed by atoms with van der Waals surface area (Å²) >= 11 is 0. The second-order valence-electron chi connectivity index (χ2n) is 3.12. The maximum absolute atomic E-state index is 10.7. The number of ether oxygens (including phenoxy) is 1. The van der Waals surface area contributed by atoms with Crippen LogP contribution in [0.3, 0.4) is 0 Å². The molecule has 1 aromatic rings. The van der Waals surface area contributed by atoms with E-state index in [1.54, 1.807) is 12.2 Å². The van der Waals surface area contributed by atoms with Gasteiger partial charge in [-0.05, 0) is 5.56 Å². The van der Waals surface area contributed by atoms with E-state index in [9.17, 15) is 9.90 Å². The third-order valence-corrected chi connectivity index (χ3v) is 1.98. The molecule has 0 amide bonds. The van der Waals surface area contributed by atoms with Crippen LogP contribution in [-0.2, 0) is 9.53 Å². The van der Waals surface area contributed by atoms with Crippen LogP contribution < -0.4 is 0 Å². The maximum Gasteiger partial charge on any atom is 0.330 e. The lowest BCUT2D eigenvalue weighted by atomic mass is 10.1. The van der Waals surface area contributed by atoms with Crippen LogP contribution >= 0.6 is 0 Å². The van der Waals surface area contributed by atoms with E-state index in [-0.39, 0.29) is 0 Å². The number of hydrogen-bond donors (Lipinski definition) is 1. The van der Waals surface area contributed by atoms with Crippen LogP contribution in [0.15, 0.2) is 54.6 Å². The minimum Gasteiger partial charge on any atom is -0.466 e. The third kappa shape index (κ3) is 4.11. The smallest absolute Gasteiger partial charge is 0.330 e. The van der Waals surface area contributed by atoms with Crippen molar-refractivity contribution in [1.82, 2.24) is 0 Å². The highest BCUT2D eigenvalue weighted by atomic mass is 16.5. The molecule has 0 saturated carbocycles. The van der Waals surface area contributed by atoms with Crippen molar-refractivity contribution in [1.29, 1.82) is 0 Å². The standard InChI is InChI=1S/C13H14O3/c1-16-13(15)10-6-5-9-12(14)11-7-3-2-4-8-11/h2-10,12,14H,1H3/b9-5+,10-6+. The summed E-state index contributed by atoms with van der Waals surface area (Å²) in [4.78, 5) is 10.7. The molecule has 16 heavy (non-hydrogen) atoms. The topological polar surface area (TPSA) is 46.5 Å². The lowest BCUT2D eigenvalue weighted by molar-refractivity contribution is -0.134. The average Bonchev–Trinajstić information content (AvgIpc) is 2.35. The summed E-state index contributed by atoms with van der Waals surface area (Å²) in [6.07, 6.45) is 5.35. The molecule has 1 atom stereocenters. The Hall–Kier alpha value is -1.87. The molecule has 0 aliphatic carbocycles. The molecule has 0 fully saturated rings. The quantitative estimate of drug-likeness (QED) is 0.477. The second-order valence-corrected chi connectivity index (χ2v) is 3.12. The lowest BCUT2D eigenvalue weighted by Crippen LogP contribution is -1.93. The Kier molecular flexibility index (Phi) is 5.02. The molecular formula is C13H14O3. The van der Waals surface area contributed by atoms with E-state index < -0.39 is 12.1 Å². The molecule has 0 aliphatic rings. The number of rotatable bonds is 4.